The normalized spacial score (nSPS) is 11.2. The van der Waals surface area contributed by atoms with Crippen molar-refractivity contribution in [3.05, 3.63) is 35.4 Å². The van der Waals surface area contributed by atoms with Crippen LogP contribution >= 0.6 is 0 Å². The van der Waals surface area contributed by atoms with Crippen molar-refractivity contribution in [3.63, 3.8) is 0 Å². The Kier molecular flexibility index (Phi) is 6.20. The van der Waals surface area contributed by atoms with Crippen LogP contribution in [0.15, 0.2) is 24.3 Å². The van der Waals surface area contributed by atoms with Gasteiger partial charge in [0.05, 0.1) is 5.56 Å². The zero-order valence-electron chi connectivity index (χ0n) is 11.2. The summed E-state index contributed by atoms with van der Waals surface area (Å²) >= 11 is 0. The van der Waals surface area contributed by atoms with Crippen molar-refractivity contribution in [1.82, 2.24) is 5.32 Å². The first kappa shape index (κ1) is 17.0. The third-order valence-corrected chi connectivity index (χ3v) is 2.79. The van der Waals surface area contributed by atoms with Crippen molar-refractivity contribution in [2.45, 2.75) is 38.4 Å². The van der Waals surface area contributed by atoms with E-state index in [0.717, 1.165) is 12.1 Å². The fourth-order valence-electron chi connectivity index (χ4n) is 1.71. The van der Waals surface area contributed by atoms with E-state index in [1.807, 2.05) is 0 Å². The lowest BCUT2D eigenvalue weighted by molar-refractivity contribution is -0.138. The predicted octanol–water partition coefficient (Wildman–Crippen LogP) is 2.97. The first-order valence-corrected chi connectivity index (χ1v) is 6.43. The zero-order chi connectivity index (χ0) is 15.9. The molecule has 0 aromatic heterocycles. The molecule has 1 aromatic carbocycles. The van der Waals surface area contributed by atoms with Gasteiger partial charge in [-0.05, 0) is 30.5 Å². The molecule has 0 aliphatic carbocycles. The summed E-state index contributed by atoms with van der Waals surface area (Å²) in [4.78, 5) is 21.7. The lowest BCUT2D eigenvalue weighted by Gasteiger charge is -2.09. The molecule has 116 valence electrons. The molecule has 0 aliphatic rings. The molecule has 0 radical (unpaired) electrons. The number of amides is 1. The molecule has 7 heteroatoms. The largest absolute Gasteiger partial charge is 0.481 e. The van der Waals surface area contributed by atoms with Crippen LogP contribution in [-0.2, 0) is 22.3 Å². The minimum Gasteiger partial charge on any atom is -0.481 e. The fourth-order valence-corrected chi connectivity index (χ4v) is 1.71. The third kappa shape index (κ3) is 6.78. The van der Waals surface area contributed by atoms with Crippen LogP contribution in [-0.4, -0.2) is 17.0 Å². The highest BCUT2D eigenvalue weighted by molar-refractivity contribution is 5.75. The minimum absolute atomic E-state index is 0.000901. The van der Waals surface area contributed by atoms with E-state index in [1.165, 1.54) is 12.1 Å². The number of nitrogens with one attached hydrogen (secondary N) is 1. The van der Waals surface area contributed by atoms with Crippen molar-refractivity contribution < 1.29 is 27.9 Å². The molecule has 0 aliphatic heterocycles. The first-order chi connectivity index (χ1) is 9.79. The van der Waals surface area contributed by atoms with E-state index in [2.05, 4.69) is 5.32 Å². The Labute approximate surface area is 120 Å². The van der Waals surface area contributed by atoms with Gasteiger partial charge >= 0.3 is 12.1 Å². The SMILES string of the molecule is O=C(O)CCCCC(=O)NCc1cccc(C(F)(F)F)c1. The van der Waals surface area contributed by atoms with E-state index in [-0.39, 0.29) is 25.3 Å². The van der Waals surface area contributed by atoms with E-state index in [1.54, 1.807) is 0 Å². The second kappa shape index (κ2) is 7.66. The van der Waals surface area contributed by atoms with Crippen LogP contribution in [0.1, 0.15) is 36.8 Å². The molecule has 1 rings (SSSR count). The highest BCUT2D eigenvalue weighted by Gasteiger charge is 2.30. The molecule has 1 amide bonds. The number of carbonyl (C=O) groups is 2. The van der Waals surface area contributed by atoms with Crippen molar-refractivity contribution in [2.75, 3.05) is 0 Å². The van der Waals surface area contributed by atoms with Gasteiger partial charge in [-0.1, -0.05) is 12.1 Å². The quantitative estimate of drug-likeness (QED) is 0.761. The molecule has 0 saturated carbocycles. The Morgan fingerprint density at radius 3 is 2.43 bits per heavy atom. The zero-order valence-corrected chi connectivity index (χ0v) is 11.2. The summed E-state index contributed by atoms with van der Waals surface area (Å²) in [5, 5.41) is 10.9. The van der Waals surface area contributed by atoms with Gasteiger partial charge in [0.2, 0.25) is 5.91 Å². The van der Waals surface area contributed by atoms with Crippen molar-refractivity contribution >= 4 is 11.9 Å². The van der Waals surface area contributed by atoms with Crippen LogP contribution in [0.4, 0.5) is 13.2 Å². The van der Waals surface area contributed by atoms with Crippen LogP contribution in [0.25, 0.3) is 0 Å². The van der Waals surface area contributed by atoms with E-state index < -0.39 is 17.7 Å². The van der Waals surface area contributed by atoms with Gasteiger partial charge in [-0.3, -0.25) is 9.59 Å². The van der Waals surface area contributed by atoms with Gasteiger partial charge in [-0.25, -0.2) is 0 Å². The maximum Gasteiger partial charge on any atom is 0.416 e. The smallest absolute Gasteiger partial charge is 0.416 e. The van der Waals surface area contributed by atoms with Crippen LogP contribution in [0, 0.1) is 0 Å². The number of carboxylic acids is 1. The van der Waals surface area contributed by atoms with Gasteiger partial charge < -0.3 is 10.4 Å². The van der Waals surface area contributed by atoms with Crippen molar-refractivity contribution in [3.8, 4) is 0 Å². The van der Waals surface area contributed by atoms with Crippen LogP contribution in [0.5, 0.6) is 0 Å². The molecule has 0 unspecified atom stereocenters. The number of carboxylic acid groups (broad SMARTS) is 1. The average molecular weight is 303 g/mol. The third-order valence-electron chi connectivity index (χ3n) is 2.79. The Morgan fingerprint density at radius 2 is 1.81 bits per heavy atom. The summed E-state index contributed by atoms with van der Waals surface area (Å²) in [5.41, 5.74) is -0.389. The maximum absolute atomic E-state index is 12.5. The van der Waals surface area contributed by atoms with Crippen molar-refractivity contribution in [1.29, 1.82) is 0 Å². The summed E-state index contributed by atoms with van der Waals surface area (Å²) < 4.78 is 37.5. The Bertz CT molecular complexity index is 500. The summed E-state index contributed by atoms with van der Waals surface area (Å²) in [7, 11) is 0. The van der Waals surface area contributed by atoms with Gasteiger partial charge in [0.1, 0.15) is 0 Å². The summed E-state index contributed by atoms with van der Waals surface area (Å²) in [6.45, 7) is 0.0156. The second-order valence-electron chi connectivity index (χ2n) is 4.58. The monoisotopic (exact) mass is 303 g/mol. The summed E-state index contributed by atoms with van der Waals surface area (Å²) in [5.74, 6) is -1.22. The predicted molar refractivity (Wildman–Crippen MR) is 69.4 cm³/mol. The summed E-state index contributed by atoms with van der Waals surface area (Å²) in [6.07, 6.45) is -3.42. The van der Waals surface area contributed by atoms with Crippen LogP contribution in [0.3, 0.4) is 0 Å². The van der Waals surface area contributed by atoms with Gasteiger partial charge in [0.25, 0.3) is 0 Å². The summed E-state index contributed by atoms with van der Waals surface area (Å²) in [6, 6.07) is 4.75. The van der Waals surface area contributed by atoms with E-state index in [4.69, 9.17) is 5.11 Å². The molecule has 0 bridgehead atoms. The minimum atomic E-state index is -4.41. The number of alkyl halides is 3. The number of rotatable bonds is 7. The number of unbranched alkanes of at least 4 members (excludes halogenated alkanes) is 1. The number of hydrogen-bond acceptors (Lipinski definition) is 2. The van der Waals surface area contributed by atoms with Gasteiger partial charge in [-0.15, -0.1) is 0 Å². The standard InChI is InChI=1S/C14H16F3NO3/c15-14(16,17)11-5-3-4-10(8-11)9-18-12(19)6-1-2-7-13(20)21/h3-5,8H,1-2,6-7,9H2,(H,18,19)(H,20,21). The molecular weight excluding hydrogens is 287 g/mol. The van der Waals surface area contributed by atoms with Gasteiger partial charge in [-0.2, -0.15) is 13.2 Å². The Hall–Kier alpha value is -2.05. The van der Waals surface area contributed by atoms with E-state index >= 15 is 0 Å². The average Bonchev–Trinajstić information content (AvgIpc) is 2.40. The molecule has 4 nitrogen and oxygen atoms in total. The molecule has 21 heavy (non-hydrogen) atoms. The number of aliphatic carboxylic acids is 1. The lowest BCUT2D eigenvalue weighted by atomic mass is 10.1. The highest BCUT2D eigenvalue weighted by Crippen LogP contribution is 2.29. The number of halogens is 3. The van der Waals surface area contributed by atoms with E-state index in [9.17, 15) is 22.8 Å². The van der Waals surface area contributed by atoms with Crippen LogP contribution < -0.4 is 5.32 Å². The Morgan fingerprint density at radius 1 is 1.14 bits per heavy atom. The fraction of sp³-hybridized carbons (Fsp3) is 0.429. The maximum atomic E-state index is 12.5. The molecule has 0 atom stereocenters. The van der Waals surface area contributed by atoms with Gasteiger partial charge in [0, 0.05) is 19.4 Å². The topological polar surface area (TPSA) is 66.4 Å². The number of carbonyl (C=O) groups excluding carboxylic acids is 1. The van der Waals surface area contributed by atoms with Gasteiger partial charge in [0.15, 0.2) is 0 Å². The lowest BCUT2D eigenvalue weighted by Crippen LogP contribution is -2.22. The molecule has 0 fully saturated rings. The van der Waals surface area contributed by atoms with E-state index in [0.29, 0.717) is 18.4 Å². The molecular formula is C14H16F3NO3. The molecule has 2 N–H and O–H groups in total. The number of benzene rings is 1. The van der Waals surface area contributed by atoms with Crippen LogP contribution in [0.2, 0.25) is 0 Å². The number of hydrogen-bond donors (Lipinski definition) is 2. The molecule has 0 heterocycles. The van der Waals surface area contributed by atoms with Crippen molar-refractivity contribution in [2.24, 2.45) is 0 Å². The Balaban J connectivity index is 2.38. The first-order valence-electron chi connectivity index (χ1n) is 6.43. The highest BCUT2D eigenvalue weighted by atomic mass is 19.4. The molecule has 0 saturated heterocycles. The second-order valence-corrected chi connectivity index (χ2v) is 4.58. The molecule has 0 spiro atoms. The molecule has 1 aromatic rings.